The molecule has 0 heterocycles. The van der Waals surface area contributed by atoms with Gasteiger partial charge in [0.25, 0.3) is 0 Å². The van der Waals surface area contributed by atoms with Crippen LogP contribution in [0.25, 0.3) is 0 Å². The standard InChI is InChI=1S/C17H20FNO2/c1-13(19)9-15-7-8-17(16(18)10-15)21-12-20-11-14-5-3-2-4-6-14/h2-8,10,13H,9,11-12,19H2,1H3. The molecule has 112 valence electrons. The Morgan fingerprint density at radius 3 is 2.52 bits per heavy atom. The number of benzene rings is 2. The molecule has 0 aromatic heterocycles. The molecule has 2 rings (SSSR count). The Morgan fingerprint density at radius 1 is 1.10 bits per heavy atom. The molecule has 0 aliphatic heterocycles. The van der Waals surface area contributed by atoms with Crippen molar-refractivity contribution in [2.24, 2.45) is 5.73 Å². The quantitative estimate of drug-likeness (QED) is 0.628. The summed E-state index contributed by atoms with van der Waals surface area (Å²) in [5.41, 5.74) is 7.60. The lowest BCUT2D eigenvalue weighted by atomic mass is 10.1. The van der Waals surface area contributed by atoms with Gasteiger partial charge in [-0.3, -0.25) is 0 Å². The van der Waals surface area contributed by atoms with Crippen LogP contribution >= 0.6 is 0 Å². The molecule has 1 atom stereocenters. The Bertz CT molecular complexity index is 558. The van der Waals surface area contributed by atoms with Crippen LogP contribution in [0.1, 0.15) is 18.1 Å². The van der Waals surface area contributed by atoms with Crippen LogP contribution in [0.3, 0.4) is 0 Å². The molecule has 2 aromatic carbocycles. The van der Waals surface area contributed by atoms with E-state index < -0.39 is 5.82 Å². The molecule has 4 heteroatoms. The molecule has 1 unspecified atom stereocenters. The first kappa shape index (κ1) is 15.5. The fraction of sp³-hybridized carbons (Fsp3) is 0.294. The molecule has 2 N–H and O–H groups in total. The van der Waals surface area contributed by atoms with Gasteiger partial charge in [-0.15, -0.1) is 0 Å². The summed E-state index contributed by atoms with van der Waals surface area (Å²) >= 11 is 0. The van der Waals surface area contributed by atoms with E-state index in [9.17, 15) is 4.39 Å². The lowest BCUT2D eigenvalue weighted by molar-refractivity contribution is 0.00301. The van der Waals surface area contributed by atoms with Gasteiger partial charge in [0, 0.05) is 6.04 Å². The molecule has 0 radical (unpaired) electrons. The number of ether oxygens (including phenoxy) is 2. The topological polar surface area (TPSA) is 44.5 Å². The van der Waals surface area contributed by atoms with E-state index in [1.54, 1.807) is 6.07 Å². The Hall–Kier alpha value is -1.91. The van der Waals surface area contributed by atoms with E-state index in [0.29, 0.717) is 13.0 Å². The summed E-state index contributed by atoms with van der Waals surface area (Å²) in [7, 11) is 0. The molecule has 21 heavy (non-hydrogen) atoms. The van der Waals surface area contributed by atoms with Crippen LogP contribution in [0.4, 0.5) is 4.39 Å². The largest absolute Gasteiger partial charge is 0.464 e. The Labute approximate surface area is 124 Å². The molecule has 0 saturated heterocycles. The average molecular weight is 289 g/mol. The molecule has 0 aliphatic rings. The molecule has 0 amide bonds. The molecule has 0 saturated carbocycles. The third-order valence-electron chi connectivity index (χ3n) is 2.96. The fourth-order valence-electron chi connectivity index (χ4n) is 2.00. The molecule has 0 fully saturated rings. The van der Waals surface area contributed by atoms with Crippen LogP contribution < -0.4 is 10.5 Å². The van der Waals surface area contributed by atoms with E-state index >= 15 is 0 Å². The summed E-state index contributed by atoms with van der Waals surface area (Å²) in [6.07, 6.45) is 0.641. The predicted octanol–water partition coefficient (Wildman–Crippen LogP) is 3.27. The molecule has 0 spiro atoms. The summed E-state index contributed by atoms with van der Waals surface area (Å²) in [6, 6.07) is 14.6. The van der Waals surface area contributed by atoms with Crippen molar-refractivity contribution in [3.63, 3.8) is 0 Å². The maximum absolute atomic E-state index is 13.8. The maximum atomic E-state index is 13.8. The van der Waals surface area contributed by atoms with E-state index in [1.807, 2.05) is 43.3 Å². The second kappa shape index (κ2) is 7.76. The van der Waals surface area contributed by atoms with Crippen molar-refractivity contribution in [2.45, 2.75) is 26.0 Å². The third kappa shape index (κ3) is 5.17. The number of rotatable bonds is 7. The first-order valence-corrected chi connectivity index (χ1v) is 6.93. The van der Waals surface area contributed by atoms with Crippen molar-refractivity contribution in [1.82, 2.24) is 0 Å². The molecular weight excluding hydrogens is 269 g/mol. The first-order chi connectivity index (χ1) is 10.1. The first-order valence-electron chi connectivity index (χ1n) is 6.93. The molecule has 3 nitrogen and oxygen atoms in total. The number of hydrogen-bond donors (Lipinski definition) is 1. The Morgan fingerprint density at radius 2 is 1.86 bits per heavy atom. The van der Waals surface area contributed by atoms with Crippen molar-refractivity contribution in [2.75, 3.05) is 6.79 Å². The van der Waals surface area contributed by atoms with Crippen LogP contribution in [0.15, 0.2) is 48.5 Å². The van der Waals surface area contributed by atoms with Gasteiger partial charge in [-0.2, -0.15) is 0 Å². The highest BCUT2D eigenvalue weighted by Crippen LogP contribution is 2.19. The molecule has 2 aromatic rings. The van der Waals surface area contributed by atoms with Gasteiger partial charge in [0.1, 0.15) is 0 Å². The van der Waals surface area contributed by atoms with Gasteiger partial charge >= 0.3 is 0 Å². The van der Waals surface area contributed by atoms with E-state index in [2.05, 4.69) is 0 Å². The van der Waals surface area contributed by atoms with E-state index in [-0.39, 0.29) is 18.6 Å². The summed E-state index contributed by atoms with van der Waals surface area (Å²) in [6.45, 7) is 2.34. The van der Waals surface area contributed by atoms with Gasteiger partial charge < -0.3 is 15.2 Å². The van der Waals surface area contributed by atoms with Crippen molar-refractivity contribution in [3.05, 3.63) is 65.5 Å². The summed E-state index contributed by atoms with van der Waals surface area (Å²) < 4.78 is 24.5. The monoisotopic (exact) mass is 289 g/mol. The average Bonchev–Trinajstić information content (AvgIpc) is 2.46. The van der Waals surface area contributed by atoms with Crippen LogP contribution in [-0.4, -0.2) is 12.8 Å². The lowest BCUT2D eigenvalue weighted by Gasteiger charge is -2.10. The second-order valence-corrected chi connectivity index (χ2v) is 5.04. The predicted molar refractivity (Wildman–Crippen MR) is 80.5 cm³/mol. The highest BCUT2D eigenvalue weighted by molar-refractivity contribution is 5.29. The van der Waals surface area contributed by atoms with Crippen molar-refractivity contribution < 1.29 is 13.9 Å². The SMILES string of the molecule is CC(N)Cc1ccc(OCOCc2ccccc2)c(F)c1. The van der Waals surface area contributed by atoms with Crippen molar-refractivity contribution in [1.29, 1.82) is 0 Å². The smallest absolute Gasteiger partial charge is 0.189 e. The lowest BCUT2D eigenvalue weighted by Crippen LogP contribution is -2.17. The zero-order valence-corrected chi connectivity index (χ0v) is 12.1. The third-order valence-corrected chi connectivity index (χ3v) is 2.96. The molecular formula is C17H20FNO2. The highest BCUT2D eigenvalue weighted by atomic mass is 19.1. The minimum absolute atomic E-state index is 0.00498. The van der Waals surface area contributed by atoms with E-state index in [4.69, 9.17) is 15.2 Å². The highest BCUT2D eigenvalue weighted by Gasteiger charge is 2.06. The number of halogens is 1. The van der Waals surface area contributed by atoms with Gasteiger partial charge in [0.2, 0.25) is 0 Å². The van der Waals surface area contributed by atoms with Gasteiger partial charge in [-0.25, -0.2) is 4.39 Å². The van der Waals surface area contributed by atoms with Gasteiger partial charge in [-0.1, -0.05) is 36.4 Å². The summed E-state index contributed by atoms with van der Waals surface area (Å²) in [4.78, 5) is 0. The van der Waals surface area contributed by atoms with Crippen molar-refractivity contribution in [3.8, 4) is 5.75 Å². The molecule has 0 aliphatic carbocycles. The van der Waals surface area contributed by atoms with Gasteiger partial charge in [0.05, 0.1) is 6.61 Å². The molecule has 0 bridgehead atoms. The maximum Gasteiger partial charge on any atom is 0.189 e. The normalized spacial score (nSPS) is 12.1. The van der Waals surface area contributed by atoms with Crippen LogP contribution in [0, 0.1) is 5.82 Å². The number of hydrogen-bond acceptors (Lipinski definition) is 3. The van der Waals surface area contributed by atoms with Gasteiger partial charge in [-0.05, 0) is 36.6 Å². The van der Waals surface area contributed by atoms with Crippen molar-refractivity contribution >= 4 is 0 Å². The minimum atomic E-state index is -0.392. The summed E-state index contributed by atoms with van der Waals surface area (Å²) in [5, 5.41) is 0. The zero-order chi connectivity index (χ0) is 15.1. The van der Waals surface area contributed by atoms with Crippen LogP contribution in [-0.2, 0) is 17.8 Å². The minimum Gasteiger partial charge on any atom is -0.464 e. The Kier molecular flexibility index (Phi) is 5.72. The van der Waals surface area contributed by atoms with Gasteiger partial charge in [0.15, 0.2) is 18.4 Å². The van der Waals surface area contributed by atoms with Crippen LogP contribution in [0.5, 0.6) is 5.75 Å². The fourth-order valence-corrected chi connectivity index (χ4v) is 2.00. The Balaban J connectivity index is 1.80. The summed E-state index contributed by atoms with van der Waals surface area (Å²) in [5.74, 6) is -0.201. The number of nitrogens with two attached hydrogens (primary N) is 1. The van der Waals surface area contributed by atoms with Crippen LogP contribution in [0.2, 0.25) is 0 Å². The van der Waals surface area contributed by atoms with E-state index in [1.165, 1.54) is 6.07 Å². The second-order valence-electron chi connectivity index (χ2n) is 5.04. The zero-order valence-electron chi connectivity index (χ0n) is 12.1. The van der Waals surface area contributed by atoms with E-state index in [0.717, 1.165) is 11.1 Å².